The van der Waals surface area contributed by atoms with Gasteiger partial charge in [-0.15, -0.1) is 0 Å². The fourth-order valence-electron chi connectivity index (χ4n) is 3.65. The van der Waals surface area contributed by atoms with Crippen LogP contribution < -0.4 is 0 Å². The monoisotopic (exact) mass is 423 g/mol. The molecule has 0 saturated heterocycles. The third-order valence-corrected chi connectivity index (χ3v) is 5.54. The van der Waals surface area contributed by atoms with Crippen molar-refractivity contribution in [1.29, 1.82) is 0 Å². The van der Waals surface area contributed by atoms with E-state index in [4.69, 9.17) is 9.47 Å². The Morgan fingerprint density at radius 3 is 2.10 bits per heavy atom. The van der Waals surface area contributed by atoms with Gasteiger partial charge in [0, 0.05) is 31.8 Å². The first-order valence-electron chi connectivity index (χ1n) is 10.6. The molecule has 0 saturated carbocycles. The molecule has 2 aromatic carbocycles. The van der Waals surface area contributed by atoms with E-state index >= 15 is 0 Å². The number of ether oxygens (including phenoxy) is 2. The van der Waals surface area contributed by atoms with E-state index in [9.17, 15) is 14.4 Å². The van der Waals surface area contributed by atoms with E-state index in [1.807, 2.05) is 24.3 Å². The lowest BCUT2D eigenvalue weighted by Gasteiger charge is -2.19. The lowest BCUT2D eigenvalue weighted by Crippen LogP contribution is -2.30. The Morgan fingerprint density at radius 1 is 0.935 bits per heavy atom. The number of Topliss-reactive ketones (excluding diaryl/α,β-unsaturated/α-hetero) is 1. The number of hydrogen-bond acceptors (Lipinski definition) is 5. The van der Waals surface area contributed by atoms with E-state index in [1.54, 1.807) is 20.9 Å². The van der Waals surface area contributed by atoms with Gasteiger partial charge in [-0.25, -0.2) is 4.79 Å². The summed E-state index contributed by atoms with van der Waals surface area (Å²) >= 11 is 0. The van der Waals surface area contributed by atoms with Gasteiger partial charge in [0.25, 0.3) is 0 Å². The minimum absolute atomic E-state index is 0.0122. The molecule has 3 rings (SSSR count). The highest BCUT2D eigenvalue weighted by Crippen LogP contribution is 2.44. The molecule has 0 radical (unpaired) electrons. The molecular weight excluding hydrogens is 394 g/mol. The molecule has 0 unspecified atom stereocenters. The first-order valence-corrected chi connectivity index (χ1v) is 10.6. The molecule has 2 aromatic rings. The lowest BCUT2D eigenvalue weighted by molar-refractivity contribution is -0.148. The van der Waals surface area contributed by atoms with Gasteiger partial charge in [0.1, 0.15) is 13.2 Å². The summed E-state index contributed by atoms with van der Waals surface area (Å²) in [6.07, 6.45) is 0.159. The van der Waals surface area contributed by atoms with Crippen LogP contribution in [0.4, 0.5) is 4.79 Å². The third kappa shape index (κ3) is 5.51. The Bertz CT molecular complexity index is 907. The molecule has 0 spiro atoms. The van der Waals surface area contributed by atoms with Crippen molar-refractivity contribution in [2.45, 2.75) is 32.6 Å². The number of carbonyl (C=O) groups is 3. The Kier molecular flexibility index (Phi) is 7.45. The fourth-order valence-corrected chi connectivity index (χ4v) is 3.65. The highest BCUT2D eigenvalue weighted by molar-refractivity contribution is 5.83. The number of benzene rings is 2. The Balaban J connectivity index is 1.46. The van der Waals surface area contributed by atoms with E-state index in [0.29, 0.717) is 13.0 Å². The van der Waals surface area contributed by atoms with Crippen LogP contribution in [0.25, 0.3) is 11.1 Å². The van der Waals surface area contributed by atoms with Crippen LogP contribution in [-0.2, 0) is 19.1 Å². The maximum Gasteiger partial charge on any atom is 0.409 e. The van der Waals surface area contributed by atoms with Crippen LogP contribution in [0.2, 0.25) is 0 Å². The molecule has 0 bridgehead atoms. The minimum atomic E-state index is -0.435. The van der Waals surface area contributed by atoms with Crippen molar-refractivity contribution in [3.8, 4) is 11.1 Å². The molecule has 0 fully saturated rings. The van der Waals surface area contributed by atoms with E-state index in [0.717, 1.165) is 11.1 Å². The Hall–Kier alpha value is -3.15. The second kappa shape index (κ2) is 10.2. The summed E-state index contributed by atoms with van der Waals surface area (Å²) in [7, 11) is 1.65. The number of amides is 1. The standard InChI is InChI=1S/C25H29NO5/c1-17(2)23(27)16-30-24(28)13-8-14-26(3)25(29)31-15-22-20-11-6-4-9-18(20)19-10-5-7-12-21(19)22/h4-7,9-12,17,22H,8,13-16H2,1-3H3. The molecule has 31 heavy (non-hydrogen) atoms. The van der Waals surface area contributed by atoms with E-state index in [-0.39, 0.29) is 37.3 Å². The number of rotatable bonds is 9. The van der Waals surface area contributed by atoms with Crippen molar-refractivity contribution in [2.75, 3.05) is 26.8 Å². The van der Waals surface area contributed by atoms with E-state index in [1.165, 1.54) is 16.0 Å². The molecule has 164 valence electrons. The zero-order valence-electron chi connectivity index (χ0n) is 18.3. The lowest BCUT2D eigenvalue weighted by atomic mass is 9.98. The molecule has 0 aromatic heterocycles. The fraction of sp³-hybridized carbons (Fsp3) is 0.400. The average molecular weight is 424 g/mol. The summed E-state index contributed by atoms with van der Waals surface area (Å²) in [6.45, 7) is 3.96. The Morgan fingerprint density at radius 2 is 1.52 bits per heavy atom. The second-order valence-electron chi connectivity index (χ2n) is 8.11. The Labute approximate surface area is 183 Å². The summed E-state index contributed by atoms with van der Waals surface area (Å²) in [5, 5.41) is 0. The molecule has 1 amide bonds. The van der Waals surface area contributed by atoms with Crippen LogP contribution in [0.1, 0.15) is 43.7 Å². The van der Waals surface area contributed by atoms with Gasteiger partial charge in [-0.2, -0.15) is 0 Å². The van der Waals surface area contributed by atoms with Crippen LogP contribution >= 0.6 is 0 Å². The van der Waals surface area contributed by atoms with Crippen molar-refractivity contribution in [1.82, 2.24) is 4.90 Å². The van der Waals surface area contributed by atoms with Crippen molar-refractivity contribution >= 4 is 17.8 Å². The van der Waals surface area contributed by atoms with E-state index in [2.05, 4.69) is 24.3 Å². The smallest absolute Gasteiger partial charge is 0.409 e. The number of ketones is 1. The van der Waals surface area contributed by atoms with E-state index < -0.39 is 12.1 Å². The van der Waals surface area contributed by atoms with Gasteiger partial charge in [0.15, 0.2) is 5.78 Å². The summed E-state index contributed by atoms with van der Waals surface area (Å²) in [5.41, 5.74) is 4.69. The molecule has 1 aliphatic rings. The van der Waals surface area contributed by atoms with Crippen molar-refractivity contribution in [3.63, 3.8) is 0 Å². The van der Waals surface area contributed by atoms with Crippen LogP contribution in [-0.4, -0.2) is 49.6 Å². The van der Waals surface area contributed by atoms with Crippen LogP contribution in [0.15, 0.2) is 48.5 Å². The van der Waals surface area contributed by atoms with Gasteiger partial charge in [0.05, 0.1) is 0 Å². The highest BCUT2D eigenvalue weighted by Gasteiger charge is 2.29. The zero-order chi connectivity index (χ0) is 22.4. The van der Waals surface area contributed by atoms with Crippen LogP contribution in [0, 0.1) is 5.92 Å². The van der Waals surface area contributed by atoms with Crippen molar-refractivity contribution in [3.05, 3.63) is 59.7 Å². The van der Waals surface area contributed by atoms with Crippen molar-refractivity contribution < 1.29 is 23.9 Å². The molecule has 0 heterocycles. The van der Waals surface area contributed by atoms with Gasteiger partial charge in [-0.05, 0) is 28.7 Å². The molecule has 1 aliphatic carbocycles. The number of esters is 1. The molecule has 0 atom stereocenters. The summed E-state index contributed by atoms with van der Waals surface area (Å²) in [6, 6.07) is 16.4. The van der Waals surface area contributed by atoms with Crippen LogP contribution in [0.3, 0.4) is 0 Å². The first kappa shape index (κ1) is 22.5. The van der Waals surface area contributed by atoms with Crippen LogP contribution in [0.5, 0.6) is 0 Å². The SMILES string of the molecule is CC(C)C(=O)COC(=O)CCCN(C)C(=O)OCC1c2ccccc2-c2ccccc21. The van der Waals surface area contributed by atoms with Gasteiger partial charge in [-0.1, -0.05) is 62.4 Å². The molecule has 0 aliphatic heterocycles. The number of nitrogens with zero attached hydrogens (tertiary/aromatic N) is 1. The van der Waals surface area contributed by atoms with Gasteiger partial charge >= 0.3 is 12.1 Å². The maximum atomic E-state index is 12.4. The molecule has 6 nitrogen and oxygen atoms in total. The van der Waals surface area contributed by atoms with Gasteiger partial charge in [0.2, 0.25) is 0 Å². The summed E-state index contributed by atoms with van der Waals surface area (Å²) in [5.74, 6) is -0.690. The normalized spacial score (nSPS) is 12.3. The maximum absolute atomic E-state index is 12.4. The van der Waals surface area contributed by atoms with Crippen molar-refractivity contribution in [2.24, 2.45) is 5.92 Å². The molecule has 0 N–H and O–H groups in total. The quantitative estimate of drug-likeness (QED) is 0.559. The summed E-state index contributed by atoms with van der Waals surface area (Å²) < 4.78 is 10.6. The number of fused-ring (bicyclic) bond motifs is 3. The number of carbonyl (C=O) groups excluding carboxylic acids is 3. The highest BCUT2D eigenvalue weighted by atomic mass is 16.6. The second-order valence-corrected chi connectivity index (χ2v) is 8.11. The number of hydrogen-bond donors (Lipinski definition) is 0. The van der Waals surface area contributed by atoms with Gasteiger partial charge < -0.3 is 14.4 Å². The topological polar surface area (TPSA) is 72.9 Å². The third-order valence-electron chi connectivity index (χ3n) is 5.54. The first-order chi connectivity index (χ1) is 14.9. The predicted molar refractivity (Wildman–Crippen MR) is 118 cm³/mol. The van der Waals surface area contributed by atoms with Gasteiger partial charge in [-0.3, -0.25) is 9.59 Å². The zero-order valence-corrected chi connectivity index (χ0v) is 18.3. The largest absolute Gasteiger partial charge is 0.458 e. The minimum Gasteiger partial charge on any atom is -0.458 e. The predicted octanol–water partition coefficient (Wildman–Crippen LogP) is 4.42. The summed E-state index contributed by atoms with van der Waals surface area (Å²) in [4.78, 5) is 37.1. The molecular formula is C25H29NO5. The molecule has 6 heteroatoms. The average Bonchev–Trinajstić information content (AvgIpc) is 3.09.